The third-order valence-electron chi connectivity index (χ3n) is 1.30. The molecule has 0 aliphatic heterocycles. The van der Waals surface area contributed by atoms with Crippen LogP contribution in [0.2, 0.25) is 0 Å². The van der Waals surface area contributed by atoms with Crippen molar-refractivity contribution in [2.75, 3.05) is 33.0 Å². The van der Waals surface area contributed by atoms with E-state index in [1.807, 2.05) is 0 Å². The van der Waals surface area contributed by atoms with Crippen LogP contribution in [-0.2, 0) is 0 Å². The molecule has 0 aliphatic rings. The number of nitrogens with zero attached hydrogens (tertiary/aromatic N) is 1. The molecule has 0 saturated carbocycles. The van der Waals surface area contributed by atoms with Crippen molar-refractivity contribution in [3.05, 3.63) is 0 Å². The van der Waals surface area contributed by atoms with Crippen LogP contribution < -0.4 is 0 Å². The van der Waals surface area contributed by atoms with Crippen molar-refractivity contribution in [1.29, 1.82) is 0 Å². The lowest BCUT2D eigenvalue weighted by Gasteiger charge is -2.20. The average Bonchev–Trinajstić information content (AvgIpc) is 2.03. The Hall–Kier alpha value is -0.200. The molecule has 0 aromatic rings. The predicted molar refractivity (Wildman–Crippen MR) is 38.8 cm³/mol. The Morgan fingerprint density at radius 1 is 1.18 bits per heavy atom. The van der Waals surface area contributed by atoms with Gasteiger partial charge in [0.05, 0.1) is 26.0 Å². The van der Waals surface area contributed by atoms with Crippen molar-refractivity contribution in [2.45, 2.75) is 6.10 Å². The zero-order valence-corrected chi connectivity index (χ0v) is 6.35. The van der Waals surface area contributed by atoms with Gasteiger partial charge in [0.25, 0.3) is 0 Å². The molecular weight excluding hydrogens is 150 g/mol. The maximum absolute atomic E-state index is 8.90. The molecule has 0 saturated heterocycles. The van der Waals surface area contributed by atoms with E-state index in [-0.39, 0.29) is 26.5 Å². The maximum Gasteiger partial charge on any atom is 0.0958 e. The fraction of sp³-hybridized carbons (Fsp3) is 1.00. The van der Waals surface area contributed by atoms with Crippen molar-refractivity contribution in [1.82, 2.24) is 4.90 Å². The third-order valence-corrected chi connectivity index (χ3v) is 1.30. The summed E-state index contributed by atoms with van der Waals surface area (Å²) in [6, 6.07) is 0. The van der Waals surface area contributed by atoms with Gasteiger partial charge in [-0.3, -0.25) is 4.90 Å². The van der Waals surface area contributed by atoms with Crippen LogP contribution in [0.5, 0.6) is 0 Å². The van der Waals surface area contributed by atoms with Gasteiger partial charge in [-0.2, -0.15) is 0 Å². The molecule has 68 valence electrons. The van der Waals surface area contributed by atoms with Crippen molar-refractivity contribution in [3.8, 4) is 0 Å². The van der Waals surface area contributed by atoms with Gasteiger partial charge in [-0.1, -0.05) is 0 Å². The second-order valence-electron chi connectivity index (χ2n) is 2.28. The largest absolute Gasteiger partial charge is 0.395 e. The first-order valence-electron chi connectivity index (χ1n) is 3.47. The summed E-state index contributed by atoms with van der Waals surface area (Å²) in [6.45, 7) is -0.153. The van der Waals surface area contributed by atoms with Gasteiger partial charge in [-0.15, -0.1) is 0 Å². The van der Waals surface area contributed by atoms with Crippen molar-refractivity contribution < 1.29 is 20.4 Å². The van der Waals surface area contributed by atoms with E-state index >= 15 is 0 Å². The zero-order chi connectivity index (χ0) is 8.69. The number of aliphatic hydroxyl groups is 4. The van der Waals surface area contributed by atoms with E-state index in [0.29, 0.717) is 6.54 Å². The van der Waals surface area contributed by atoms with Crippen LogP contribution in [0.1, 0.15) is 0 Å². The van der Waals surface area contributed by atoms with E-state index in [1.165, 1.54) is 4.90 Å². The topological polar surface area (TPSA) is 84.2 Å². The molecule has 0 radical (unpaired) electrons. The lowest BCUT2D eigenvalue weighted by Crippen LogP contribution is -2.36. The van der Waals surface area contributed by atoms with Crippen molar-refractivity contribution >= 4 is 0 Å². The Bertz CT molecular complexity index is 90.7. The molecule has 5 heteroatoms. The van der Waals surface area contributed by atoms with Crippen LogP contribution in [-0.4, -0.2) is 64.5 Å². The first kappa shape index (κ1) is 10.8. The Morgan fingerprint density at radius 3 is 2.18 bits per heavy atom. The summed E-state index contributed by atoms with van der Waals surface area (Å²) >= 11 is 0. The van der Waals surface area contributed by atoms with Crippen LogP contribution >= 0.6 is 0 Å². The average molecular weight is 165 g/mol. The summed E-state index contributed by atoms with van der Waals surface area (Å²) < 4.78 is 0. The van der Waals surface area contributed by atoms with Crippen molar-refractivity contribution in [3.63, 3.8) is 0 Å². The van der Waals surface area contributed by atoms with Crippen LogP contribution in [0.4, 0.5) is 0 Å². The predicted octanol–water partition coefficient (Wildman–Crippen LogP) is -2.42. The van der Waals surface area contributed by atoms with Gasteiger partial charge in [0.1, 0.15) is 0 Å². The molecule has 1 unspecified atom stereocenters. The molecule has 5 nitrogen and oxygen atoms in total. The Morgan fingerprint density at radius 2 is 1.82 bits per heavy atom. The summed E-state index contributed by atoms with van der Waals surface area (Å²) in [6.07, 6.45) is -0.853. The van der Waals surface area contributed by atoms with Crippen LogP contribution in [0.3, 0.4) is 0 Å². The second-order valence-corrected chi connectivity index (χ2v) is 2.28. The molecule has 0 aromatic heterocycles. The monoisotopic (exact) mass is 165 g/mol. The molecule has 1 atom stereocenters. The molecule has 0 spiro atoms. The van der Waals surface area contributed by atoms with Crippen LogP contribution in [0.15, 0.2) is 0 Å². The first-order valence-corrected chi connectivity index (χ1v) is 3.47. The zero-order valence-electron chi connectivity index (χ0n) is 6.35. The quantitative estimate of drug-likeness (QED) is 0.329. The molecule has 0 amide bonds. The Labute approximate surface area is 65.5 Å². The number of hydrogen-bond acceptors (Lipinski definition) is 5. The van der Waals surface area contributed by atoms with E-state index in [9.17, 15) is 0 Å². The van der Waals surface area contributed by atoms with Gasteiger partial charge in [0.15, 0.2) is 0 Å². The minimum Gasteiger partial charge on any atom is -0.395 e. The fourth-order valence-electron chi connectivity index (χ4n) is 0.717. The van der Waals surface area contributed by atoms with E-state index < -0.39 is 6.10 Å². The second kappa shape index (κ2) is 6.51. The van der Waals surface area contributed by atoms with Gasteiger partial charge < -0.3 is 20.4 Å². The molecule has 0 bridgehead atoms. The SMILES string of the molecule is OCCN(CO)CC(O)CO. The molecule has 0 rings (SSSR count). The highest BCUT2D eigenvalue weighted by Gasteiger charge is 2.08. The smallest absolute Gasteiger partial charge is 0.0958 e. The van der Waals surface area contributed by atoms with Gasteiger partial charge in [0.2, 0.25) is 0 Å². The maximum atomic E-state index is 8.90. The molecule has 0 aromatic carbocycles. The van der Waals surface area contributed by atoms with E-state index in [0.717, 1.165) is 0 Å². The lowest BCUT2D eigenvalue weighted by atomic mass is 10.3. The summed E-state index contributed by atoms with van der Waals surface area (Å²) in [5.74, 6) is 0. The molecule has 4 N–H and O–H groups in total. The van der Waals surface area contributed by atoms with Gasteiger partial charge >= 0.3 is 0 Å². The number of hydrogen-bond donors (Lipinski definition) is 4. The van der Waals surface area contributed by atoms with Crippen LogP contribution in [0.25, 0.3) is 0 Å². The normalized spacial score (nSPS) is 13.9. The summed E-state index contributed by atoms with van der Waals surface area (Å²) in [5.41, 5.74) is 0. The molecule has 0 heterocycles. The van der Waals surface area contributed by atoms with Gasteiger partial charge in [-0.25, -0.2) is 0 Å². The minimum atomic E-state index is -0.853. The highest BCUT2D eigenvalue weighted by molar-refractivity contribution is 4.59. The van der Waals surface area contributed by atoms with Gasteiger partial charge in [0, 0.05) is 13.1 Å². The molecule has 0 aliphatic carbocycles. The van der Waals surface area contributed by atoms with Gasteiger partial charge in [-0.05, 0) is 0 Å². The summed E-state index contributed by atoms with van der Waals surface area (Å²) in [4.78, 5) is 1.43. The fourth-order valence-corrected chi connectivity index (χ4v) is 0.717. The highest BCUT2D eigenvalue weighted by Crippen LogP contribution is 1.89. The Balaban J connectivity index is 3.49. The highest BCUT2D eigenvalue weighted by atomic mass is 16.3. The van der Waals surface area contributed by atoms with E-state index in [2.05, 4.69) is 0 Å². The first-order chi connectivity index (χ1) is 5.24. The van der Waals surface area contributed by atoms with Crippen LogP contribution in [0, 0.1) is 0 Å². The Kier molecular flexibility index (Phi) is 6.39. The molecule has 11 heavy (non-hydrogen) atoms. The number of aliphatic hydroxyl groups excluding tert-OH is 4. The number of rotatable bonds is 6. The molecular formula is C6H15NO4. The minimum absolute atomic E-state index is 0.0707. The standard InChI is InChI=1S/C6H15NO4/c8-2-1-7(5-10)3-6(11)4-9/h6,8-11H,1-5H2. The lowest BCUT2D eigenvalue weighted by molar-refractivity contribution is 0.0180. The summed E-state index contributed by atoms with van der Waals surface area (Å²) in [7, 11) is 0. The summed E-state index contributed by atoms with van der Waals surface area (Å²) in [5, 5.41) is 34.4. The van der Waals surface area contributed by atoms with E-state index in [4.69, 9.17) is 20.4 Å². The third kappa shape index (κ3) is 5.11. The van der Waals surface area contributed by atoms with E-state index in [1.54, 1.807) is 0 Å². The molecule has 0 fully saturated rings. The van der Waals surface area contributed by atoms with Crippen molar-refractivity contribution in [2.24, 2.45) is 0 Å².